The summed E-state index contributed by atoms with van der Waals surface area (Å²) >= 11 is 11.7. The van der Waals surface area contributed by atoms with Gasteiger partial charge in [-0.3, -0.25) is 10.1 Å². The second-order valence-electron chi connectivity index (χ2n) is 5.37. The number of halogens is 2. The standard InChI is InChI=1S/C15H18Cl2N2O2S/c16-13-7-6-11(10-14(13)17)8-9-22(20,21)19-15(18)12-4-2-1-3-5-12/h6-10,12H,1-5H2,(H2,18,19). The first-order valence-corrected chi connectivity index (χ1v) is 9.42. The molecule has 1 aliphatic carbocycles. The fourth-order valence-corrected chi connectivity index (χ4v) is 3.63. The normalized spacial score (nSPS) is 16.8. The number of sulfonamides is 1. The Morgan fingerprint density at radius 3 is 2.50 bits per heavy atom. The molecule has 22 heavy (non-hydrogen) atoms. The fraction of sp³-hybridized carbons (Fsp3) is 0.400. The Morgan fingerprint density at radius 1 is 1.18 bits per heavy atom. The first-order chi connectivity index (χ1) is 10.4. The van der Waals surface area contributed by atoms with E-state index in [0.717, 1.165) is 37.5 Å². The van der Waals surface area contributed by atoms with Gasteiger partial charge in [-0.15, -0.1) is 0 Å². The molecule has 0 atom stereocenters. The lowest BCUT2D eigenvalue weighted by Crippen LogP contribution is -2.34. The van der Waals surface area contributed by atoms with Crippen molar-refractivity contribution >= 4 is 45.1 Å². The molecule has 0 unspecified atom stereocenters. The maximum Gasteiger partial charge on any atom is 0.255 e. The van der Waals surface area contributed by atoms with Crippen molar-refractivity contribution in [2.75, 3.05) is 0 Å². The van der Waals surface area contributed by atoms with Crippen LogP contribution in [-0.2, 0) is 10.0 Å². The fourth-order valence-electron chi connectivity index (χ4n) is 2.45. The molecule has 2 rings (SSSR count). The van der Waals surface area contributed by atoms with Gasteiger partial charge in [0.25, 0.3) is 10.0 Å². The molecule has 7 heteroatoms. The highest BCUT2D eigenvalue weighted by atomic mass is 35.5. The van der Waals surface area contributed by atoms with Crippen LogP contribution in [0.25, 0.3) is 6.08 Å². The van der Waals surface area contributed by atoms with E-state index in [1.807, 2.05) is 0 Å². The summed E-state index contributed by atoms with van der Waals surface area (Å²) in [5.41, 5.74) is 0.629. The zero-order chi connectivity index (χ0) is 16.2. The smallest absolute Gasteiger partial charge is 0.255 e. The summed E-state index contributed by atoms with van der Waals surface area (Å²) < 4.78 is 26.4. The quantitative estimate of drug-likeness (QED) is 0.615. The summed E-state index contributed by atoms with van der Waals surface area (Å²) in [6.45, 7) is 0. The Bertz CT molecular complexity index is 681. The first-order valence-electron chi connectivity index (χ1n) is 7.12. The van der Waals surface area contributed by atoms with Crippen LogP contribution in [0.4, 0.5) is 0 Å². The Balaban J connectivity index is 2.02. The molecule has 0 spiro atoms. The predicted molar refractivity (Wildman–Crippen MR) is 91.9 cm³/mol. The van der Waals surface area contributed by atoms with Crippen LogP contribution in [0.1, 0.15) is 37.7 Å². The Morgan fingerprint density at radius 2 is 1.86 bits per heavy atom. The minimum Gasteiger partial charge on any atom is -0.288 e. The van der Waals surface area contributed by atoms with Crippen LogP contribution in [0.15, 0.2) is 23.6 Å². The average Bonchev–Trinajstić information content (AvgIpc) is 2.49. The van der Waals surface area contributed by atoms with Crippen LogP contribution in [0.2, 0.25) is 10.0 Å². The minimum absolute atomic E-state index is 0.0156. The van der Waals surface area contributed by atoms with Gasteiger partial charge in [0.15, 0.2) is 0 Å². The molecule has 4 nitrogen and oxygen atoms in total. The second kappa shape index (κ2) is 7.49. The van der Waals surface area contributed by atoms with Crippen molar-refractivity contribution in [2.24, 2.45) is 5.92 Å². The molecule has 120 valence electrons. The summed E-state index contributed by atoms with van der Waals surface area (Å²) in [5.74, 6) is 0.0976. The van der Waals surface area contributed by atoms with Crippen LogP contribution < -0.4 is 4.72 Å². The van der Waals surface area contributed by atoms with Gasteiger partial charge in [-0.25, -0.2) is 8.42 Å². The molecular formula is C15H18Cl2N2O2S. The molecule has 0 aromatic heterocycles. The highest BCUT2D eigenvalue weighted by Gasteiger charge is 2.20. The highest BCUT2D eigenvalue weighted by molar-refractivity contribution is 7.93. The van der Waals surface area contributed by atoms with Crippen LogP contribution >= 0.6 is 23.2 Å². The molecule has 1 saturated carbocycles. The Labute approximate surface area is 141 Å². The van der Waals surface area contributed by atoms with Crippen LogP contribution in [-0.4, -0.2) is 14.3 Å². The summed E-state index contributed by atoms with van der Waals surface area (Å²) in [4.78, 5) is 0. The molecule has 0 heterocycles. The van der Waals surface area contributed by atoms with Crippen molar-refractivity contribution in [3.8, 4) is 0 Å². The van der Waals surface area contributed by atoms with E-state index in [2.05, 4.69) is 4.72 Å². The van der Waals surface area contributed by atoms with E-state index >= 15 is 0 Å². The molecule has 2 N–H and O–H groups in total. The molecule has 1 aliphatic rings. The first kappa shape index (κ1) is 17.3. The molecule has 0 bridgehead atoms. The van der Waals surface area contributed by atoms with Gasteiger partial charge < -0.3 is 0 Å². The lowest BCUT2D eigenvalue weighted by molar-refractivity contribution is 0.434. The van der Waals surface area contributed by atoms with Crippen molar-refractivity contribution in [2.45, 2.75) is 32.1 Å². The number of hydrogen-bond donors (Lipinski definition) is 2. The van der Waals surface area contributed by atoms with Gasteiger partial charge in [0.2, 0.25) is 0 Å². The largest absolute Gasteiger partial charge is 0.288 e. The topological polar surface area (TPSA) is 70.0 Å². The van der Waals surface area contributed by atoms with Gasteiger partial charge in [-0.1, -0.05) is 48.5 Å². The van der Waals surface area contributed by atoms with E-state index in [0.29, 0.717) is 15.6 Å². The SMILES string of the molecule is N=C(NS(=O)(=O)C=Cc1ccc(Cl)c(Cl)c1)C1CCCCC1. The molecule has 0 aliphatic heterocycles. The maximum absolute atomic E-state index is 12.0. The number of benzene rings is 1. The monoisotopic (exact) mass is 360 g/mol. The molecule has 1 aromatic rings. The lowest BCUT2D eigenvalue weighted by Gasteiger charge is -2.22. The summed E-state index contributed by atoms with van der Waals surface area (Å²) in [6.07, 6.45) is 6.43. The molecule has 0 amide bonds. The van der Waals surface area contributed by atoms with Crippen molar-refractivity contribution < 1.29 is 8.42 Å². The minimum atomic E-state index is -3.68. The van der Waals surface area contributed by atoms with E-state index in [1.54, 1.807) is 18.2 Å². The summed E-state index contributed by atoms with van der Waals surface area (Å²) in [6, 6.07) is 4.86. The van der Waals surface area contributed by atoms with Crippen molar-refractivity contribution in [1.29, 1.82) is 5.41 Å². The van der Waals surface area contributed by atoms with Gasteiger partial charge in [0.05, 0.1) is 15.5 Å². The van der Waals surface area contributed by atoms with E-state index in [9.17, 15) is 8.42 Å². The summed E-state index contributed by atoms with van der Waals surface area (Å²) in [7, 11) is -3.68. The van der Waals surface area contributed by atoms with Crippen molar-refractivity contribution in [3.63, 3.8) is 0 Å². The average molecular weight is 361 g/mol. The molecule has 1 aromatic carbocycles. The third-order valence-electron chi connectivity index (χ3n) is 3.65. The number of rotatable bonds is 4. The van der Waals surface area contributed by atoms with Gasteiger partial charge in [0.1, 0.15) is 5.84 Å². The third-order valence-corrected chi connectivity index (χ3v) is 5.39. The molecule has 1 fully saturated rings. The van der Waals surface area contributed by atoms with E-state index in [-0.39, 0.29) is 11.8 Å². The molecule has 0 radical (unpaired) electrons. The van der Waals surface area contributed by atoms with E-state index < -0.39 is 10.0 Å². The van der Waals surface area contributed by atoms with Gasteiger partial charge in [0, 0.05) is 5.92 Å². The van der Waals surface area contributed by atoms with Gasteiger partial charge in [-0.2, -0.15) is 0 Å². The van der Waals surface area contributed by atoms with Crippen LogP contribution in [0.5, 0.6) is 0 Å². The van der Waals surface area contributed by atoms with Gasteiger partial charge >= 0.3 is 0 Å². The Kier molecular flexibility index (Phi) is 5.89. The Hall–Kier alpha value is -1.04. The predicted octanol–water partition coefficient (Wildman–Crippen LogP) is 4.44. The summed E-state index contributed by atoms with van der Waals surface area (Å²) in [5, 5.41) is 9.75. The number of amidine groups is 1. The molecule has 0 saturated heterocycles. The van der Waals surface area contributed by atoms with Crippen LogP contribution in [0, 0.1) is 11.3 Å². The van der Waals surface area contributed by atoms with Crippen LogP contribution in [0.3, 0.4) is 0 Å². The van der Waals surface area contributed by atoms with Crippen molar-refractivity contribution in [3.05, 3.63) is 39.2 Å². The number of nitrogens with one attached hydrogen (secondary N) is 2. The lowest BCUT2D eigenvalue weighted by atomic mass is 9.89. The van der Waals surface area contributed by atoms with E-state index in [1.165, 1.54) is 6.08 Å². The molecular weight excluding hydrogens is 343 g/mol. The zero-order valence-corrected chi connectivity index (χ0v) is 14.3. The number of hydrogen-bond acceptors (Lipinski definition) is 3. The van der Waals surface area contributed by atoms with Gasteiger partial charge in [-0.05, 0) is 36.6 Å². The zero-order valence-electron chi connectivity index (χ0n) is 12.0. The highest BCUT2D eigenvalue weighted by Crippen LogP contribution is 2.25. The van der Waals surface area contributed by atoms with Crippen molar-refractivity contribution in [1.82, 2.24) is 4.72 Å². The third kappa shape index (κ3) is 5.00. The van der Waals surface area contributed by atoms with E-state index in [4.69, 9.17) is 28.6 Å². The second-order valence-corrected chi connectivity index (χ2v) is 7.75. The maximum atomic E-state index is 12.0.